The minimum atomic E-state index is 0.757. The second-order valence-electron chi connectivity index (χ2n) is 3.86. The highest BCUT2D eigenvalue weighted by Crippen LogP contribution is 2.05. The quantitative estimate of drug-likeness (QED) is 0.602. The molecule has 3 nitrogen and oxygen atoms in total. The first-order chi connectivity index (χ1) is 5.95. The second-order valence-corrected chi connectivity index (χ2v) is 3.86. The Kier molecular flexibility index (Phi) is 2.98. The van der Waals surface area contributed by atoms with Gasteiger partial charge in [-0.1, -0.05) is 0 Å². The van der Waals surface area contributed by atoms with Crippen molar-refractivity contribution in [1.29, 1.82) is 0 Å². The molecule has 0 spiro atoms. The lowest BCUT2D eigenvalue weighted by Crippen LogP contribution is -2.56. The van der Waals surface area contributed by atoms with E-state index in [4.69, 9.17) is 0 Å². The fraction of sp³-hybridized carbons (Fsp3) is 1.00. The fourth-order valence-corrected chi connectivity index (χ4v) is 1.87. The smallest absolute Gasteiger partial charge is 0.0318 e. The van der Waals surface area contributed by atoms with Gasteiger partial charge >= 0.3 is 0 Å². The van der Waals surface area contributed by atoms with Crippen molar-refractivity contribution in [2.24, 2.45) is 0 Å². The average molecular weight is 169 g/mol. The van der Waals surface area contributed by atoms with Crippen LogP contribution < -0.4 is 10.6 Å². The zero-order chi connectivity index (χ0) is 8.23. The molecule has 0 bridgehead atoms. The molecule has 12 heavy (non-hydrogen) atoms. The lowest BCUT2D eigenvalue weighted by molar-refractivity contribution is 0.304. The van der Waals surface area contributed by atoms with Crippen molar-refractivity contribution in [1.82, 2.24) is 15.5 Å². The largest absolute Gasteiger partial charge is 0.314 e. The summed E-state index contributed by atoms with van der Waals surface area (Å²) in [4.78, 5) is 2.55. The lowest BCUT2D eigenvalue weighted by atomic mass is 10.2. The standard InChI is InChI=1S/C9H19N3/c1-2-5-12(4-1)6-3-11-9-7-10-8-9/h9-11H,1-8H2. The zero-order valence-electron chi connectivity index (χ0n) is 7.68. The Balaban J connectivity index is 1.49. The van der Waals surface area contributed by atoms with Gasteiger partial charge in [0.1, 0.15) is 0 Å². The fourth-order valence-electron chi connectivity index (χ4n) is 1.87. The van der Waals surface area contributed by atoms with Crippen LogP contribution in [0.25, 0.3) is 0 Å². The molecule has 2 saturated heterocycles. The van der Waals surface area contributed by atoms with Crippen molar-refractivity contribution >= 4 is 0 Å². The summed E-state index contributed by atoms with van der Waals surface area (Å²) >= 11 is 0. The Bertz CT molecular complexity index is 128. The minimum absolute atomic E-state index is 0.757. The molecule has 0 atom stereocenters. The van der Waals surface area contributed by atoms with Crippen molar-refractivity contribution in [2.75, 3.05) is 39.3 Å². The summed E-state index contributed by atoms with van der Waals surface area (Å²) in [7, 11) is 0. The summed E-state index contributed by atoms with van der Waals surface area (Å²) in [6.45, 7) is 7.40. The molecule has 2 fully saturated rings. The molecule has 0 saturated carbocycles. The van der Waals surface area contributed by atoms with Crippen LogP contribution in [0, 0.1) is 0 Å². The van der Waals surface area contributed by atoms with E-state index in [-0.39, 0.29) is 0 Å². The molecular weight excluding hydrogens is 150 g/mol. The number of rotatable bonds is 4. The molecule has 2 rings (SSSR count). The molecule has 3 heteroatoms. The maximum atomic E-state index is 3.54. The molecule has 2 aliphatic heterocycles. The summed E-state index contributed by atoms with van der Waals surface area (Å²) in [5, 5.41) is 6.81. The first-order valence-electron chi connectivity index (χ1n) is 5.11. The number of nitrogens with zero attached hydrogens (tertiary/aromatic N) is 1. The third-order valence-electron chi connectivity index (χ3n) is 2.84. The maximum Gasteiger partial charge on any atom is 0.0318 e. The third kappa shape index (κ3) is 2.19. The summed E-state index contributed by atoms with van der Waals surface area (Å²) in [6.07, 6.45) is 2.82. The van der Waals surface area contributed by atoms with E-state index in [1.165, 1.54) is 52.1 Å². The summed E-state index contributed by atoms with van der Waals surface area (Å²) < 4.78 is 0. The average Bonchev–Trinajstić information content (AvgIpc) is 2.46. The van der Waals surface area contributed by atoms with Crippen molar-refractivity contribution in [3.05, 3.63) is 0 Å². The Hall–Kier alpha value is -0.120. The van der Waals surface area contributed by atoms with Crippen LogP contribution in [0.5, 0.6) is 0 Å². The Labute approximate surface area is 74.5 Å². The number of hydrogen-bond donors (Lipinski definition) is 2. The van der Waals surface area contributed by atoms with Crippen LogP contribution in [0.2, 0.25) is 0 Å². The van der Waals surface area contributed by atoms with Crippen LogP contribution in [-0.2, 0) is 0 Å². The van der Waals surface area contributed by atoms with E-state index in [0.29, 0.717) is 0 Å². The second kappa shape index (κ2) is 4.21. The van der Waals surface area contributed by atoms with E-state index in [2.05, 4.69) is 15.5 Å². The van der Waals surface area contributed by atoms with Crippen LogP contribution in [0.3, 0.4) is 0 Å². The zero-order valence-corrected chi connectivity index (χ0v) is 7.68. The molecular formula is C9H19N3. The van der Waals surface area contributed by atoms with Gasteiger partial charge in [0.15, 0.2) is 0 Å². The normalized spacial score (nSPS) is 26.0. The van der Waals surface area contributed by atoms with Crippen molar-refractivity contribution in [3.8, 4) is 0 Å². The molecule has 70 valence electrons. The molecule has 2 aliphatic rings. The van der Waals surface area contributed by atoms with Gasteiger partial charge in [0.05, 0.1) is 0 Å². The van der Waals surface area contributed by atoms with Crippen molar-refractivity contribution in [2.45, 2.75) is 18.9 Å². The first kappa shape index (κ1) is 8.48. The summed E-state index contributed by atoms with van der Waals surface area (Å²) in [6, 6.07) is 0.757. The number of likely N-dealkylation sites (tertiary alicyclic amines) is 1. The van der Waals surface area contributed by atoms with Gasteiger partial charge in [-0.25, -0.2) is 0 Å². The molecule has 0 amide bonds. The molecule has 2 heterocycles. The van der Waals surface area contributed by atoms with E-state index in [1.807, 2.05) is 0 Å². The Morgan fingerprint density at radius 3 is 2.58 bits per heavy atom. The highest BCUT2D eigenvalue weighted by Gasteiger charge is 2.16. The van der Waals surface area contributed by atoms with E-state index in [1.54, 1.807) is 0 Å². The Morgan fingerprint density at radius 1 is 1.25 bits per heavy atom. The Morgan fingerprint density at radius 2 is 2.00 bits per heavy atom. The monoisotopic (exact) mass is 169 g/mol. The van der Waals surface area contributed by atoms with Crippen LogP contribution in [0.1, 0.15) is 12.8 Å². The number of nitrogens with one attached hydrogen (secondary N) is 2. The minimum Gasteiger partial charge on any atom is -0.314 e. The molecule has 0 radical (unpaired) electrons. The van der Waals surface area contributed by atoms with Gasteiger partial charge in [-0.15, -0.1) is 0 Å². The molecule has 0 aliphatic carbocycles. The lowest BCUT2D eigenvalue weighted by Gasteiger charge is -2.29. The van der Waals surface area contributed by atoms with Gasteiger partial charge in [-0.3, -0.25) is 0 Å². The third-order valence-corrected chi connectivity index (χ3v) is 2.84. The molecule has 0 aromatic heterocycles. The van der Waals surface area contributed by atoms with Crippen molar-refractivity contribution in [3.63, 3.8) is 0 Å². The van der Waals surface area contributed by atoms with E-state index < -0.39 is 0 Å². The van der Waals surface area contributed by atoms with E-state index in [0.717, 1.165) is 6.04 Å². The highest BCUT2D eigenvalue weighted by molar-refractivity contribution is 4.81. The topological polar surface area (TPSA) is 27.3 Å². The predicted molar refractivity (Wildman–Crippen MR) is 50.3 cm³/mol. The van der Waals surface area contributed by atoms with Crippen LogP contribution >= 0.6 is 0 Å². The first-order valence-corrected chi connectivity index (χ1v) is 5.11. The summed E-state index contributed by atoms with van der Waals surface area (Å²) in [5.41, 5.74) is 0. The van der Waals surface area contributed by atoms with Crippen LogP contribution in [0.15, 0.2) is 0 Å². The predicted octanol–water partition coefficient (Wildman–Crippen LogP) is -0.356. The van der Waals surface area contributed by atoms with Gasteiger partial charge in [0, 0.05) is 32.2 Å². The van der Waals surface area contributed by atoms with Crippen LogP contribution in [0.4, 0.5) is 0 Å². The van der Waals surface area contributed by atoms with Gasteiger partial charge < -0.3 is 15.5 Å². The molecule has 0 aromatic carbocycles. The molecule has 2 N–H and O–H groups in total. The summed E-state index contributed by atoms with van der Waals surface area (Å²) in [5.74, 6) is 0. The van der Waals surface area contributed by atoms with Crippen molar-refractivity contribution < 1.29 is 0 Å². The highest BCUT2D eigenvalue weighted by atomic mass is 15.2. The van der Waals surface area contributed by atoms with E-state index in [9.17, 15) is 0 Å². The van der Waals surface area contributed by atoms with Gasteiger partial charge in [-0.2, -0.15) is 0 Å². The maximum absolute atomic E-state index is 3.54. The molecule has 0 unspecified atom stereocenters. The molecule has 0 aromatic rings. The number of hydrogen-bond acceptors (Lipinski definition) is 3. The van der Waals surface area contributed by atoms with Gasteiger partial charge in [0.25, 0.3) is 0 Å². The van der Waals surface area contributed by atoms with Gasteiger partial charge in [0.2, 0.25) is 0 Å². The van der Waals surface area contributed by atoms with E-state index >= 15 is 0 Å². The van der Waals surface area contributed by atoms with Crippen LogP contribution in [-0.4, -0.2) is 50.2 Å². The SMILES string of the molecule is C1CCN(CCNC2CNC2)C1. The van der Waals surface area contributed by atoms with Gasteiger partial charge in [-0.05, 0) is 25.9 Å².